The summed E-state index contributed by atoms with van der Waals surface area (Å²) >= 11 is 0. The minimum Gasteiger partial charge on any atom is -0.497 e. The number of methoxy groups -OCH3 is 2. The van der Waals surface area contributed by atoms with E-state index in [1.165, 1.54) is 18.9 Å². The molecule has 14 nitrogen and oxygen atoms in total. The first-order valence-corrected chi connectivity index (χ1v) is 18.4. The molecule has 3 aliphatic heterocycles. The highest BCUT2D eigenvalue weighted by atomic mass is 16.5. The van der Waals surface area contributed by atoms with Crippen molar-refractivity contribution in [2.75, 3.05) is 41.9 Å². The van der Waals surface area contributed by atoms with Crippen molar-refractivity contribution in [2.45, 2.75) is 76.3 Å². The van der Waals surface area contributed by atoms with Crippen molar-refractivity contribution in [1.29, 1.82) is 0 Å². The van der Waals surface area contributed by atoms with Crippen LogP contribution in [0.3, 0.4) is 0 Å². The maximum Gasteiger partial charge on any atom is 0.245 e. The molecule has 55 heavy (non-hydrogen) atoms. The predicted octanol–water partition coefficient (Wildman–Crippen LogP) is 2.32. The minimum absolute atomic E-state index is 0.131. The van der Waals surface area contributed by atoms with Gasteiger partial charge in [-0.25, -0.2) is 0 Å². The van der Waals surface area contributed by atoms with Crippen LogP contribution >= 0.6 is 0 Å². The Kier molecular flexibility index (Phi) is 13.0. The highest BCUT2D eigenvalue weighted by Gasteiger charge is 2.36. The second kappa shape index (κ2) is 17.7. The van der Waals surface area contributed by atoms with E-state index in [9.17, 15) is 24.0 Å². The van der Waals surface area contributed by atoms with Gasteiger partial charge in [0.2, 0.25) is 29.5 Å². The summed E-state index contributed by atoms with van der Waals surface area (Å²) in [5.41, 5.74) is 2.45. The Labute approximate surface area is 322 Å². The molecule has 3 aromatic rings. The maximum atomic E-state index is 14.2. The van der Waals surface area contributed by atoms with E-state index >= 15 is 0 Å². The normalized spacial score (nSPS) is 24.8. The fourth-order valence-electron chi connectivity index (χ4n) is 6.96. The quantitative estimate of drug-likeness (QED) is 0.364. The van der Waals surface area contributed by atoms with Gasteiger partial charge in [0.25, 0.3) is 0 Å². The summed E-state index contributed by atoms with van der Waals surface area (Å²) < 4.78 is 17.1. The number of hydrogen-bond acceptors (Lipinski definition) is 9. The Hall–Kier alpha value is -5.63. The molecule has 3 aromatic carbocycles. The Morgan fingerprint density at radius 2 is 1.27 bits per heavy atom. The minimum atomic E-state index is -1.04. The Morgan fingerprint density at radius 3 is 1.91 bits per heavy atom. The maximum absolute atomic E-state index is 14.2. The van der Waals surface area contributed by atoms with Crippen LogP contribution in [0.1, 0.15) is 37.5 Å². The van der Waals surface area contributed by atoms with Crippen LogP contribution in [0.5, 0.6) is 23.0 Å². The highest BCUT2D eigenvalue weighted by Crippen LogP contribution is 2.33. The molecule has 3 heterocycles. The van der Waals surface area contributed by atoms with E-state index in [1.54, 1.807) is 77.4 Å². The van der Waals surface area contributed by atoms with Crippen molar-refractivity contribution in [3.63, 3.8) is 0 Å². The molecule has 14 heteroatoms. The number of hydrogen-bond donors (Lipinski definition) is 3. The number of ether oxygens (including phenoxy) is 3. The van der Waals surface area contributed by atoms with E-state index in [4.69, 9.17) is 14.2 Å². The molecule has 294 valence electrons. The van der Waals surface area contributed by atoms with Crippen LogP contribution in [-0.4, -0.2) is 122 Å². The van der Waals surface area contributed by atoms with E-state index in [2.05, 4.69) is 16.0 Å². The molecule has 6 rings (SSSR count). The van der Waals surface area contributed by atoms with Crippen LogP contribution in [0.25, 0.3) is 0 Å². The Bertz CT molecular complexity index is 1870. The first kappa shape index (κ1) is 40.6. The zero-order valence-corrected chi connectivity index (χ0v) is 32.8. The van der Waals surface area contributed by atoms with E-state index in [0.29, 0.717) is 29.4 Å². The lowest BCUT2D eigenvalue weighted by atomic mass is 9.99. The molecule has 1 saturated heterocycles. The molecule has 1 fully saturated rings. The Balaban J connectivity index is 1.54. The number of rotatable bonds is 4. The molecule has 3 aliphatic rings. The van der Waals surface area contributed by atoms with Crippen molar-refractivity contribution in [2.24, 2.45) is 0 Å². The van der Waals surface area contributed by atoms with Crippen LogP contribution in [0, 0.1) is 0 Å². The van der Waals surface area contributed by atoms with Crippen molar-refractivity contribution >= 4 is 29.5 Å². The Morgan fingerprint density at radius 1 is 0.673 bits per heavy atom. The number of carbonyl (C=O) groups is 5. The van der Waals surface area contributed by atoms with Crippen molar-refractivity contribution in [3.8, 4) is 23.0 Å². The van der Waals surface area contributed by atoms with Crippen LogP contribution in [-0.2, 0) is 43.2 Å². The van der Waals surface area contributed by atoms with E-state index in [1.807, 2.05) is 41.3 Å². The van der Waals surface area contributed by atoms with Gasteiger partial charge < -0.3 is 40.0 Å². The first-order valence-electron chi connectivity index (χ1n) is 18.4. The second-order valence-corrected chi connectivity index (χ2v) is 14.4. The van der Waals surface area contributed by atoms with Gasteiger partial charge in [-0.15, -0.1) is 0 Å². The van der Waals surface area contributed by atoms with E-state index in [-0.39, 0.29) is 25.3 Å². The van der Waals surface area contributed by atoms with Crippen LogP contribution < -0.4 is 30.2 Å². The van der Waals surface area contributed by atoms with Crippen molar-refractivity contribution in [1.82, 2.24) is 30.7 Å². The third kappa shape index (κ3) is 9.73. The topological polar surface area (TPSA) is 159 Å². The van der Waals surface area contributed by atoms with Gasteiger partial charge in [-0.05, 0) is 93.7 Å². The number of benzene rings is 3. The average molecular weight is 757 g/mol. The molecular formula is C41H52N6O8. The fourth-order valence-corrected chi connectivity index (χ4v) is 6.96. The lowest BCUT2D eigenvalue weighted by Crippen LogP contribution is -2.60. The van der Waals surface area contributed by atoms with Gasteiger partial charge in [0, 0.05) is 33.1 Å². The molecular weight excluding hydrogens is 704 g/mol. The zero-order valence-electron chi connectivity index (χ0n) is 32.8. The number of nitrogens with one attached hydrogen (secondary N) is 3. The largest absolute Gasteiger partial charge is 0.497 e. The third-order valence-corrected chi connectivity index (χ3v) is 10.4. The molecule has 0 aromatic heterocycles. The van der Waals surface area contributed by atoms with E-state index < -0.39 is 59.9 Å². The summed E-state index contributed by atoms with van der Waals surface area (Å²) in [5.74, 6) is -0.155. The molecule has 5 amide bonds. The van der Waals surface area contributed by atoms with Gasteiger partial charge >= 0.3 is 0 Å². The monoisotopic (exact) mass is 756 g/mol. The number of fused-ring (bicyclic) bond motifs is 2. The molecule has 0 spiro atoms. The molecule has 0 unspecified atom stereocenters. The van der Waals surface area contributed by atoms with Crippen molar-refractivity contribution in [3.05, 3.63) is 83.4 Å². The summed E-state index contributed by atoms with van der Waals surface area (Å²) in [6.07, 6.45) is 0.789. The van der Waals surface area contributed by atoms with Crippen LogP contribution in [0.4, 0.5) is 0 Å². The van der Waals surface area contributed by atoms with Crippen LogP contribution in [0.15, 0.2) is 66.7 Å². The predicted molar refractivity (Wildman–Crippen MR) is 206 cm³/mol. The lowest BCUT2D eigenvalue weighted by molar-refractivity contribution is -0.143. The van der Waals surface area contributed by atoms with Crippen LogP contribution in [0.2, 0.25) is 0 Å². The SMILES string of the molecule is COc1ccc(C[C@H]2C(=O)N[C@@H](C)C(=O)N(C)[C@@H]3Cc4ccc(cc4)Oc4cc(ccc4OC)C[C@@H](C(=O)N[C@H](C)C(=O)N[C@@H](C)C(=O)N2C)N(C)C3)cc1. The first-order chi connectivity index (χ1) is 26.2. The van der Waals surface area contributed by atoms with E-state index in [0.717, 1.165) is 16.7 Å². The summed E-state index contributed by atoms with van der Waals surface area (Å²) in [6.45, 7) is 4.96. The van der Waals surface area contributed by atoms with Gasteiger partial charge in [-0.3, -0.25) is 28.9 Å². The number of carbonyl (C=O) groups excluding carboxylic acids is 5. The van der Waals surface area contributed by atoms with Gasteiger partial charge in [0.1, 0.15) is 35.7 Å². The molecule has 0 aliphatic carbocycles. The average Bonchev–Trinajstić information content (AvgIpc) is 3.17. The molecule has 0 saturated carbocycles. The lowest BCUT2D eigenvalue weighted by Gasteiger charge is -2.37. The zero-order chi connectivity index (χ0) is 40.0. The number of nitrogens with zero attached hydrogens (tertiary/aromatic N) is 3. The summed E-state index contributed by atoms with van der Waals surface area (Å²) in [6, 6.07) is 14.9. The smallest absolute Gasteiger partial charge is 0.245 e. The van der Waals surface area contributed by atoms with Gasteiger partial charge in [-0.2, -0.15) is 0 Å². The number of likely N-dealkylation sites (N-methyl/N-ethyl adjacent to an activating group) is 3. The number of amides is 5. The highest BCUT2D eigenvalue weighted by molar-refractivity contribution is 5.95. The summed E-state index contributed by atoms with van der Waals surface area (Å²) in [7, 11) is 8.10. The molecule has 0 radical (unpaired) electrons. The second-order valence-electron chi connectivity index (χ2n) is 14.4. The summed E-state index contributed by atoms with van der Waals surface area (Å²) in [4.78, 5) is 74.5. The fraction of sp³-hybridized carbons (Fsp3) is 0.439. The molecule has 6 bridgehead atoms. The molecule has 3 N–H and O–H groups in total. The van der Waals surface area contributed by atoms with Gasteiger partial charge in [-0.1, -0.05) is 30.3 Å². The standard InChI is InChI=1S/C41H52N6O8/c1-24-37(48)43-26(3)41(52)47(6)34(20-28-9-14-31(53-7)15-10-28)39(50)44-25(2)40(51)46(5)30-19-27-11-16-32(17-12-27)55-36-22-29(13-18-35(36)54-8)21-33(38(49)42-24)45(4)23-30/h9-18,22,24-26,30,33-34H,19-21,23H2,1-8H3,(H,42,49)(H,43,48)(H,44,50)/t24-,25+,26+,30-,33+,34+/m1/s1. The van der Waals surface area contributed by atoms with Crippen molar-refractivity contribution < 1.29 is 38.2 Å². The molecule has 6 atom stereocenters. The summed E-state index contributed by atoms with van der Waals surface area (Å²) in [5, 5.41) is 8.43. The third-order valence-electron chi connectivity index (χ3n) is 10.4. The van der Waals surface area contributed by atoms with Gasteiger partial charge in [0.15, 0.2) is 11.5 Å². The van der Waals surface area contributed by atoms with Gasteiger partial charge in [0.05, 0.1) is 20.3 Å².